The lowest BCUT2D eigenvalue weighted by molar-refractivity contribution is 0.0735. The van der Waals surface area contributed by atoms with Gasteiger partial charge in [0, 0.05) is 63.6 Å². The van der Waals surface area contributed by atoms with Crippen molar-refractivity contribution in [2.45, 2.75) is 13.0 Å². The second-order valence-corrected chi connectivity index (χ2v) is 7.75. The maximum Gasteiger partial charge on any atom is 0.254 e. The van der Waals surface area contributed by atoms with E-state index in [2.05, 4.69) is 28.5 Å². The predicted molar refractivity (Wildman–Crippen MR) is 118 cm³/mol. The third kappa shape index (κ3) is 3.47. The zero-order valence-electron chi connectivity index (χ0n) is 15.8. The molecule has 144 valence electrons. The fourth-order valence-electron chi connectivity index (χ4n) is 3.93. The van der Waals surface area contributed by atoms with Crippen LogP contribution in [0, 0.1) is 0 Å². The van der Waals surface area contributed by atoms with Crippen molar-refractivity contribution >= 4 is 39.8 Å². The number of benzene rings is 3. The molecule has 5 heteroatoms. The SMILES string of the molecule is O=C(c1ccccc1)N1CCc2[nH]c3ccc(Nc4ccc(Cl)cc4)cc3c2C1. The average molecular weight is 402 g/mol. The van der Waals surface area contributed by atoms with E-state index in [1.165, 1.54) is 11.3 Å². The monoisotopic (exact) mass is 401 g/mol. The second kappa shape index (κ2) is 7.30. The zero-order valence-corrected chi connectivity index (χ0v) is 16.5. The van der Waals surface area contributed by atoms with Gasteiger partial charge in [0.2, 0.25) is 0 Å². The molecule has 0 aliphatic carbocycles. The van der Waals surface area contributed by atoms with Crippen LogP contribution in [0.25, 0.3) is 10.9 Å². The van der Waals surface area contributed by atoms with Crippen molar-refractivity contribution in [1.29, 1.82) is 0 Å². The number of hydrogen-bond acceptors (Lipinski definition) is 2. The summed E-state index contributed by atoms with van der Waals surface area (Å²) in [4.78, 5) is 18.4. The first-order valence-corrected chi connectivity index (χ1v) is 10.1. The molecule has 0 saturated heterocycles. The Morgan fingerprint density at radius 3 is 2.52 bits per heavy atom. The van der Waals surface area contributed by atoms with E-state index in [-0.39, 0.29) is 5.91 Å². The van der Waals surface area contributed by atoms with Gasteiger partial charge in [-0.1, -0.05) is 29.8 Å². The molecule has 5 rings (SSSR count). The predicted octanol–water partition coefficient (Wildman–Crippen LogP) is 5.76. The number of amides is 1. The number of halogens is 1. The van der Waals surface area contributed by atoms with E-state index < -0.39 is 0 Å². The molecule has 0 saturated carbocycles. The van der Waals surface area contributed by atoms with Crippen molar-refractivity contribution in [3.63, 3.8) is 0 Å². The van der Waals surface area contributed by atoms with E-state index in [0.29, 0.717) is 11.6 Å². The molecule has 1 aromatic heterocycles. The van der Waals surface area contributed by atoms with Crippen molar-refractivity contribution in [3.8, 4) is 0 Å². The lowest BCUT2D eigenvalue weighted by atomic mass is 10.0. The van der Waals surface area contributed by atoms with Gasteiger partial charge in [-0.25, -0.2) is 0 Å². The summed E-state index contributed by atoms with van der Waals surface area (Å²) in [5.41, 5.74) is 6.26. The van der Waals surface area contributed by atoms with Crippen LogP contribution in [0.4, 0.5) is 11.4 Å². The summed E-state index contributed by atoms with van der Waals surface area (Å²) >= 11 is 5.98. The highest BCUT2D eigenvalue weighted by Crippen LogP contribution is 2.31. The number of carbonyl (C=O) groups excluding carboxylic acids is 1. The van der Waals surface area contributed by atoms with Gasteiger partial charge in [0.05, 0.1) is 0 Å². The maximum absolute atomic E-state index is 12.9. The summed E-state index contributed by atoms with van der Waals surface area (Å²) in [7, 11) is 0. The number of hydrogen-bond donors (Lipinski definition) is 2. The van der Waals surface area contributed by atoms with Gasteiger partial charge < -0.3 is 15.2 Å². The highest BCUT2D eigenvalue weighted by molar-refractivity contribution is 6.30. The highest BCUT2D eigenvalue weighted by atomic mass is 35.5. The summed E-state index contributed by atoms with van der Waals surface area (Å²) in [6, 6.07) is 23.4. The Labute approximate surface area is 174 Å². The molecule has 0 fully saturated rings. The van der Waals surface area contributed by atoms with E-state index in [9.17, 15) is 4.79 Å². The fourth-order valence-corrected chi connectivity index (χ4v) is 4.05. The van der Waals surface area contributed by atoms with Crippen molar-refractivity contribution in [2.24, 2.45) is 0 Å². The van der Waals surface area contributed by atoms with Gasteiger partial charge in [-0.3, -0.25) is 4.79 Å². The number of anilines is 2. The van der Waals surface area contributed by atoms with E-state index in [0.717, 1.165) is 40.8 Å². The van der Waals surface area contributed by atoms with Gasteiger partial charge >= 0.3 is 0 Å². The Bertz CT molecular complexity index is 1180. The molecule has 0 unspecified atom stereocenters. The van der Waals surface area contributed by atoms with Gasteiger partial charge in [-0.05, 0) is 54.6 Å². The number of fused-ring (bicyclic) bond motifs is 3. The van der Waals surface area contributed by atoms with E-state index in [4.69, 9.17) is 11.6 Å². The van der Waals surface area contributed by atoms with Gasteiger partial charge in [0.25, 0.3) is 5.91 Å². The minimum atomic E-state index is 0.0843. The Morgan fingerprint density at radius 2 is 1.72 bits per heavy atom. The third-order valence-corrected chi connectivity index (χ3v) is 5.67. The number of carbonyl (C=O) groups is 1. The zero-order chi connectivity index (χ0) is 19.8. The molecular formula is C24H20ClN3O. The van der Waals surface area contributed by atoms with Crippen LogP contribution in [0.15, 0.2) is 72.8 Å². The number of nitrogens with zero attached hydrogens (tertiary/aromatic N) is 1. The molecule has 1 aliphatic heterocycles. The molecule has 0 bridgehead atoms. The van der Waals surface area contributed by atoms with E-state index >= 15 is 0 Å². The summed E-state index contributed by atoms with van der Waals surface area (Å²) in [6.45, 7) is 1.34. The van der Waals surface area contributed by atoms with Crippen molar-refractivity contribution in [2.75, 3.05) is 11.9 Å². The largest absolute Gasteiger partial charge is 0.358 e. The molecule has 4 nitrogen and oxygen atoms in total. The Morgan fingerprint density at radius 1 is 0.966 bits per heavy atom. The molecule has 0 spiro atoms. The molecule has 0 atom stereocenters. The summed E-state index contributed by atoms with van der Waals surface area (Å²) < 4.78 is 0. The average Bonchev–Trinajstić information content (AvgIpc) is 3.13. The third-order valence-electron chi connectivity index (χ3n) is 5.42. The molecule has 0 radical (unpaired) electrons. The Hall–Kier alpha value is -3.24. The number of aromatic amines is 1. The molecule has 4 aromatic rings. The first-order valence-electron chi connectivity index (χ1n) is 9.68. The van der Waals surface area contributed by atoms with Crippen LogP contribution in [-0.4, -0.2) is 22.3 Å². The molecule has 2 N–H and O–H groups in total. The molecular weight excluding hydrogens is 382 g/mol. The minimum Gasteiger partial charge on any atom is -0.358 e. The van der Waals surface area contributed by atoms with Crippen LogP contribution in [0.1, 0.15) is 21.6 Å². The van der Waals surface area contributed by atoms with Crippen LogP contribution in [0.3, 0.4) is 0 Å². The van der Waals surface area contributed by atoms with E-state index in [1.54, 1.807) is 0 Å². The van der Waals surface area contributed by atoms with Gasteiger partial charge in [-0.15, -0.1) is 0 Å². The first kappa shape index (κ1) is 17.8. The highest BCUT2D eigenvalue weighted by Gasteiger charge is 2.24. The first-order chi connectivity index (χ1) is 14.2. The number of H-pyrrole nitrogens is 1. The fraction of sp³-hybridized carbons (Fsp3) is 0.125. The van der Waals surface area contributed by atoms with Crippen LogP contribution < -0.4 is 5.32 Å². The summed E-state index contributed by atoms with van der Waals surface area (Å²) in [6.07, 6.45) is 0.836. The maximum atomic E-state index is 12.9. The van der Waals surface area contributed by atoms with Gasteiger partial charge in [-0.2, -0.15) is 0 Å². The smallest absolute Gasteiger partial charge is 0.254 e. The van der Waals surface area contributed by atoms with Crippen molar-refractivity contribution in [3.05, 3.63) is 94.6 Å². The molecule has 1 aliphatic rings. The second-order valence-electron chi connectivity index (χ2n) is 7.32. The quantitative estimate of drug-likeness (QED) is 0.458. The van der Waals surface area contributed by atoms with Crippen LogP contribution >= 0.6 is 11.6 Å². The Kier molecular flexibility index (Phi) is 4.49. The van der Waals surface area contributed by atoms with Gasteiger partial charge in [0.1, 0.15) is 0 Å². The number of aromatic nitrogens is 1. The number of nitrogens with one attached hydrogen (secondary N) is 2. The number of rotatable bonds is 3. The van der Waals surface area contributed by atoms with Crippen molar-refractivity contribution in [1.82, 2.24) is 9.88 Å². The molecule has 29 heavy (non-hydrogen) atoms. The molecule has 1 amide bonds. The molecule has 3 aromatic carbocycles. The van der Waals surface area contributed by atoms with Crippen LogP contribution in [0.5, 0.6) is 0 Å². The lowest BCUT2D eigenvalue weighted by Crippen LogP contribution is -2.35. The minimum absolute atomic E-state index is 0.0843. The topological polar surface area (TPSA) is 48.1 Å². The van der Waals surface area contributed by atoms with Gasteiger partial charge in [0.15, 0.2) is 0 Å². The summed E-state index contributed by atoms with van der Waals surface area (Å²) in [5.74, 6) is 0.0843. The lowest BCUT2D eigenvalue weighted by Gasteiger charge is -2.27. The van der Waals surface area contributed by atoms with Crippen LogP contribution in [0.2, 0.25) is 5.02 Å². The Balaban J connectivity index is 1.44. The van der Waals surface area contributed by atoms with Crippen molar-refractivity contribution < 1.29 is 4.79 Å². The molecule has 2 heterocycles. The normalized spacial score (nSPS) is 13.3. The van der Waals surface area contributed by atoms with E-state index in [1.807, 2.05) is 59.5 Å². The standard InChI is InChI=1S/C24H20ClN3O/c25-17-6-8-18(9-7-17)26-19-10-11-22-20(14-19)21-15-28(13-12-23(21)27-22)24(29)16-4-2-1-3-5-16/h1-11,14,26-27H,12-13,15H2. The van der Waals surface area contributed by atoms with Crippen LogP contribution in [-0.2, 0) is 13.0 Å². The summed E-state index contributed by atoms with van der Waals surface area (Å²) in [5, 5.41) is 5.30.